The second-order valence-electron chi connectivity index (χ2n) is 5.37. The van der Waals surface area contributed by atoms with Crippen molar-refractivity contribution in [1.29, 1.82) is 0 Å². The number of aryl methyl sites for hydroxylation is 1. The number of carbonyl (C=O) groups excluding carboxylic acids is 1. The van der Waals surface area contributed by atoms with Crippen molar-refractivity contribution in [2.45, 2.75) is 26.3 Å². The van der Waals surface area contributed by atoms with Crippen LogP contribution in [-0.4, -0.2) is 24.0 Å². The number of anilines is 1. The van der Waals surface area contributed by atoms with Crippen molar-refractivity contribution >= 4 is 11.6 Å². The largest absolute Gasteiger partial charge is 0.493 e. The van der Waals surface area contributed by atoms with Gasteiger partial charge < -0.3 is 20.5 Å². The van der Waals surface area contributed by atoms with Crippen molar-refractivity contribution < 1.29 is 14.3 Å². The lowest BCUT2D eigenvalue weighted by atomic mass is 10.2. The van der Waals surface area contributed by atoms with E-state index in [1.807, 2.05) is 25.1 Å². The van der Waals surface area contributed by atoms with E-state index in [-0.39, 0.29) is 18.4 Å². The molecule has 0 bridgehead atoms. The number of nitrogens with zero attached hydrogens (tertiary/aromatic N) is 1. The van der Waals surface area contributed by atoms with Crippen LogP contribution in [0.2, 0.25) is 0 Å². The minimum atomic E-state index is -0.181. The van der Waals surface area contributed by atoms with Crippen LogP contribution in [0.5, 0.6) is 17.4 Å². The van der Waals surface area contributed by atoms with Gasteiger partial charge in [-0.1, -0.05) is 6.07 Å². The predicted octanol–water partition coefficient (Wildman–Crippen LogP) is 2.87. The Balaban J connectivity index is 2.04. The summed E-state index contributed by atoms with van der Waals surface area (Å²) in [5.41, 5.74) is 7.26. The van der Waals surface area contributed by atoms with Crippen LogP contribution in [0.15, 0.2) is 36.5 Å². The maximum atomic E-state index is 11.6. The number of nitrogens with two attached hydrogens (primary N) is 1. The van der Waals surface area contributed by atoms with E-state index >= 15 is 0 Å². The standard InChI is InChI=1S/C17H21N3O3/c1-11-4-6-14(15(8-11)22-3)23-17-7-5-13(10-19-17)20-16(21)9-12(2)18/h4-8,10,12H,9,18H2,1-3H3,(H,20,21). The fourth-order valence-electron chi connectivity index (χ4n) is 1.99. The molecular formula is C17H21N3O3. The quantitative estimate of drug-likeness (QED) is 0.856. The lowest BCUT2D eigenvalue weighted by Gasteiger charge is -2.11. The molecular weight excluding hydrogens is 294 g/mol. The highest BCUT2D eigenvalue weighted by Gasteiger charge is 2.08. The van der Waals surface area contributed by atoms with Crippen molar-refractivity contribution in [1.82, 2.24) is 4.98 Å². The Morgan fingerprint density at radius 3 is 2.70 bits per heavy atom. The molecule has 2 rings (SSSR count). The molecule has 0 spiro atoms. The maximum absolute atomic E-state index is 11.6. The molecule has 1 aromatic carbocycles. The third-order valence-electron chi connectivity index (χ3n) is 3.06. The minimum absolute atomic E-state index is 0.143. The number of amides is 1. The van der Waals surface area contributed by atoms with E-state index in [9.17, 15) is 4.79 Å². The summed E-state index contributed by atoms with van der Waals surface area (Å²) in [6.45, 7) is 3.76. The number of hydrogen-bond acceptors (Lipinski definition) is 5. The second-order valence-corrected chi connectivity index (χ2v) is 5.37. The molecule has 23 heavy (non-hydrogen) atoms. The van der Waals surface area contributed by atoms with Gasteiger partial charge in [0.15, 0.2) is 11.5 Å². The zero-order chi connectivity index (χ0) is 16.8. The summed E-state index contributed by atoms with van der Waals surface area (Å²) in [5, 5.41) is 2.73. The van der Waals surface area contributed by atoms with Gasteiger partial charge in [-0.2, -0.15) is 0 Å². The number of methoxy groups -OCH3 is 1. The van der Waals surface area contributed by atoms with Crippen LogP contribution < -0.4 is 20.5 Å². The average molecular weight is 315 g/mol. The molecule has 0 radical (unpaired) electrons. The average Bonchev–Trinajstić information content (AvgIpc) is 2.50. The highest BCUT2D eigenvalue weighted by atomic mass is 16.5. The molecule has 0 saturated carbocycles. The molecule has 1 aromatic heterocycles. The SMILES string of the molecule is COc1cc(C)ccc1Oc1ccc(NC(=O)CC(C)N)cn1. The summed E-state index contributed by atoms with van der Waals surface area (Å²) in [5.74, 6) is 1.49. The molecule has 1 unspecified atom stereocenters. The molecule has 1 amide bonds. The predicted molar refractivity (Wildman–Crippen MR) is 88.9 cm³/mol. The first-order chi connectivity index (χ1) is 11.0. The number of benzene rings is 1. The minimum Gasteiger partial charge on any atom is -0.493 e. The molecule has 0 aliphatic rings. The number of rotatable bonds is 6. The van der Waals surface area contributed by atoms with Crippen LogP contribution in [0.3, 0.4) is 0 Å². The normalized spacial score (nSPS) is 11.7. The summed E-state index contributed by atoms with van der Waals surface area (Å²) in [6.07, 6.45) is 1.80. The van der Waals surface area contributed by atoms with E-state index in [0.717, 1.165) is 5.56 Å². The number of ether oxygens (including phenoxy) is 2. The fourth-order valence-corrected chi connectivity index (χ4v) is 1.99. The highest BCUT2D eigenvalue weighted by molar-refractivity contribution is 5.90. The van der Waals surface area contributed by atoms with E-state index in [2.05, 4.69) is 10.3 Å². The molecule has 6 nitrogen and oxygen atoms in total. The van der Waals surface area contributed by atoms with Crippen molar-refractivity contribution in [3.8, 4) is 17.4 Å². The summed E-state index contributed by atoms with van der Waals surface area (Å²) in [6, 6.07) is 8.87. The van der Waals surface area contributed by atoms with E-state index in [0.29, 0.717) is 23.1 Å². The van der Waals surface area contributed by atoms with Gasteiger partial charge in [-0.15, -0.1) is 0 Å². The molecule has 2 aromatic rings. The highest BCUT2D eigenvalue weighted by Crippen LogP contribution is 2.31. The van der Waals surface area contributed by atoms with Gasteiger partial charge in [0.2, 0.25) is 11.8 Å². The molecule has 6 heteroatoms. The molecule has 0 saturated heterocycles. The first-order valence-corrected chi connectivity index (χ1v) is 7.32. The molecule has 3 N–H and O–H groups in total. The zero-order valence-electron chi connectivity index (χ0n) is 13.5. The van der Waals surface area contributed by atoms with Gasteiger partial charge in [-0.05, 0) is 37.6 Å². The lowest BCUT2D eigenvalue weighted by molar-refractivity contribution is -0.116. The number of hydrogen-bond donors (Lipinski definition) is 2. The van der Waals surface area contributed by atoms with Crippen LogP contribution in [0.25, 0.3) is 0 Å². The third kappa shape index (κ3) is 4.96. The first kappa shape index (κ1) is 16.8. The number of carbonyl (C=O) groups is 1. The Bertz CT molecular complexity index is 669. The number of nitrogens with one attached hydrogen (secondary N) is 1. The molecule has 1 atom stereocenters. The van der Waals surface area contributed by atoms with Gasteiger partial charge in [-0.25, -0.2) is 4.98 Å². The summed E-state index contributed by atoms with van der Waals surface area (Å²) in [4.78, 5) is 15.8. The van der Waals surface area contributed by atoms with Crippen LogP contribution in [0.4, 0.5) is 5.69 Å². The van der Waals surface area contributed by atoms with Crippen molar-refractivity contribution in [3.63, 3.8) is 0 Å². The van der Waals surface area contributed by atoms with Gasteiger partial charge in [0.05, 0.1) is 19.0 Å². The Morgan fingerprint density at radius 1 is 1.30 bits per heavy atom. The van der Waals surface area contributed by atoms with Gasteiger partial charge in [0, 0.05) is 18.5 Å². The number of pyridine rings is 1. The van der Waals surface area contributed by atoms with Gasteiger partial charge in [0.1, 0.15) is 0 Å². The van der Waals surface area contributed by atoms with Gasteiger partial charge in [-0.3, -0.25) is 4.79 Å². The zero-order valence-corrected chi connectivity index (χ0v) is 13.5. The van der Waals surface area contributed by atoms with E-state index in [1.165, 1.54) is 6.20 Å². The van der Waals surface area contributed by atoms with E-state index in [4.69, 9.17) is 15.2 Å². The Hall–Kier alpha value is -2.60. The van der Waals surface area contributed by atoms with Crippen molar-refractivity contribution in [2.24, 2.45) is 5.73 Å². The van der Waals surface area contributed by atoms with E-state index in [1.54, 1.807) is 26.2 Å². The summed E-state index contributed by atoms with van der Waals surface area (Å²) in [7, 11) is 1.59. The van der Waals surface area contributed by atoms with Gasteiger partial charge >= 0.3 is 0 Å². The molecule has 0 aliphatic carbocycles. The second kappa shape index (κ2) is 7.60. The molecule has 0 fully saturated rings. The van der Waals surface area contributed by atoms with Crippen LogP contribution >= 0.6 is 0 Å². The maximum Gasteiger partial charge on any atom is 0.225 e. The number of aromatic nitrogens is 1. The Kier molecular flexibility index (Phi) is 5.54. The first-order valence-electron chi connectivity index (χ1n) is 7.32. The summed E-state index contributed by atoms with van der Waals surface area (Å²) < 4.78 is 11.0. The van der Waals surface area contributed by atoms with E-state index < -0.39 is 0 Å². The lowest BCUT2D eigenvalue weighted by Crippen LogP contribution is -2.23. The summed E-state index contributed by atoms with van der Waals surface area (Å²) >= 11 is 0. The topological polar surface area (TPSA) is 86.5 Å². The van der Waals surface area contributed by atoms with Crippen molar-refractivity contribution in [3.05, 3.63) is 42.1 Å². The molecule has 122 valence electrons. The third-order valence-corrected chi connectivity index (χ3v) is 3.06. The smallest absolute Gasteiger partial charge is 0.225 e. The molecule has 0 aliphatic heterocycles. The monoisotopic (exact) mass is 315 g/mol. The van der Waals surface area contributed by atoms with Crippen molar-refractivity contribution in [2.75, 3.05) is 12.4 Å². The Morgan fingerprint density at radius 2 is 2.09 bits per heavy atom. The van der Waals surface area contributed by atoms with Crippen LogP contribution in [0, 0.1) is 6.92 Å². The molecule has 1 heterocycles. The Labute approximate surface area is 135 Å². The van der Waals surface area contributed by atoms with Crippen LogP contribution in [0.1, 0.15) is 18.9 Å². The van der Waals surface area contributed by atoms with Gasteiger partial charge in [0.25, 0.3) is 0 Å². The van der Waals surface area contributed by atoms with Crippen LogP contribution in [-0.2, 0) is 4.79 Å². The fraction of sp³-hybridized carbons (Fsp3) is 0.294.